The van der Waals surface area contributed by atoms with Gasteiger partial charge in [-0.05, 0) is 0 Å². The molecule has 1 rings (SSSR count). The number of Topliss-reactive ketones (excluding diaryl/α,β-unsaturated/α-hetero) is 1. The van der Waals surface area contributed by atoms with Crippen LogP contribution < -0.4 is 0 Å². The number of carbonyl (C=O) groups is 1. The fourth-order valence-corrected chi connectivity index (χ4v) is 0.892. The van der Waals surface area contributed by atoms with E-state index >= 15 is 0 Å². The molecule has 0 saturated heterocycles. The van der Waals surface area contributed by atoms with Crippen LogP contribution in [0.4, 0.5) is 0 Å². The van der Waals surface area contributed by atoms with Crippen LogP contribution in [0.2, 0.25) is 0 Å². The van der Waals surface area contributed by atoms with E-state index in [0.29, 0.717) is 0 Å². The lowest BCUT2D eigenvalue weighted by molar-refractivity contribution is -0.147. The summed E-state index contributed by atoms with van der Waals surface area (Å²) < 4.78 is 0. The molecule has 0 spiro atoms. The highest BCUT2D eigenvalue weighted by Gasteiger charge is 2.32. The zero-order valence-electron chi connectivity index (χ0n) is 6.84. The lowest BCUT2D eigenvalue weighted by Gasteiger charge is -2.16. The molecule has 4 nitrogen and oxygen atoms in total. The summed E-state index contributed by atoms with van der Waals surface area (Å²) >= 11 is 0. The lowest BCUT2D eigenvalue weighted by atomic mass is 10.0. The molecular formula is C9H10O4. The van der Waals surface area contributed by atoms with Crippen molar-refractivity contribution in [3.8, 4) is 0 Å². The van der Waals surface area contributed by atoms with Crippen molar-refractivity contribution in [2.45, 2.75) is 5.79 Å². The number of aliphatic hydroxyl groups is 3. The molecule has 0 fully saturated rings. The van der Waals surface area contributed by atoms with Crippen molar-refractivity contribution >= 4 is 5.78 Å². The predicted octanol–water partition coefficient (Wildman–Crippen LogP) is -0.457. The molecule has 3 N–H and O–H groups in total. The number of ketones is 1. The van der Waals surface area contributed by atoms with Crippen molar-refractivity contribution in [2.75, 3.05) is 6.61 Å². The first kappa shape index (κ1) is 9.85. The van der Waals surface area contributed by atoms with E-state index in [1.807, 2.05) is 0 Å². The molecule has 0 unspecified atom stereocenters. The first-order chi connectivity index (χ1) is 6.08. The van der Waals surface area contributed by atoms with Gasteiger partial charge in [-0.1, -0.05) is 30.3 Å². The molecule has 0 aliphatic carbocycles. The van der Waals surface area contributed by atoms with Crippen LogP contribution in [0.1, 0.15) is 10.4 Å². The van der Waals surface area contributed by atoms with Crippen LogP contribution >= 0.6 is 0 Å². The number of aliphatic hydroxyl groups excluding tert-OH is 1. The standard InChI is InChI=1S/C9H10O4/c10-6-9(12,13)8(11)7-4-2-1-3-5-7/h1-5,10,12-13H,6H2. The highest BCUT2D eigenvalue weighted by molar-refractivity contribution is 6.01. The van der Waals surface area contributed by atoms with Crippen LogP contribution in [0.25, 0.3) is 0 Å². The van der Waals surface area contributed by atoms with Crippen molar-refractivity contribution in [1.29, 1.82) is 0 Å². The van der Waals surface area contributed by atoms with Gasteiger partial charge in [0.25, 0.3) is 5.79 Å². The second-order valence-corrected chi connectivity index (χ2v) is 2.67. The minimum atomic E-state index is -2.68. The van der Waals surface area contributed by atoms with Crippen LogP contribution in [-0.2, 0) is 0 Å². The Labute approximate surface area is 75.1 Å². The molecule has 70 valence electrons. The SMILES string of the molecule is O=C(c1ccccc1)C(O)(O)CO. The van der Waals surface area contributed by atoms with E-state index in [4.69, 9.17) is 15.3 Å². The van der Waals surface area contributed by atoms with Crippen molar-refractivity contribution in [2.24, 2.45) is 0 Å². The van der Waals surface area contributed by atoms with Gasteiger partial charge in [0, 0.05) is 5.56 Å². The van der Waals surface area contributed by atoms with E-state index in [1.54, 1.807) is 18.2 Å². The smallest absolute Gasteiger partial charge is 0.252 e. The van der Waals surface area contributed by atoms with Gasteiger partial charge in [0.15, 0.2) is 0 Å². The van der Waals surface area contributed by atoms with Crippen molar-refractivity contribution in [1.82, 2.24) is 0 Å². The summed E-state index contributed by atoms with van der Waals surface area (Å²) in [5.41, 5.74) is 0.154. The summed E-state index contributed by atoms with van der Waals surface area (Å²) in [5, 5.41) is 26.5. The third kappa shape index (κ3) is 2.12. The molecule has 1 aromatic carbocycles. The molecule has 0 amide bonds. The van der Waals surface area contributed by atoms with E-state index in [2.05, 4.69) is 0 Å². The van der Waals surface area contributed by atoms with Crippen molar-refractivity contribution in [3.05, 3.63) is 35.9 Å². The van der Waals surface area contributed by atoms with Gasteiger partial charge in [-0.15, -0.1) is 0 Å². The van der Waals surface area contributed by atoms with E-state index in [1.165, 1.54) is 12.1 Å². The fraction of sp³-hybridized carbons (Fsp3) is 0.222. The minimum Gasteiger partial charge on any atom is -0.390 e. The molecule has 0 aromatic heterocycles. The molecule has 0 aliphatic rings. The molecule has 13 heavy (non-hydrogen) atoms. The lowest BCUT2D eigenvalue weighted by Crippen LogP contribution is -2.42. The largest absolute Gasteiger partial charge is 0.390 e. The molecular weight excluding hydrogens is 172 g/mol. The monoisotopic (exact) mass is 182 g/mol. The average Bonchev–Trinajstić information content (AvgIpc) is 2.18. The van der Waals surface area contributed by atoms with Gasteiger partial charge in [-0.2, -0.15) is 0 Å². The average molecular weight is 182 g/mol. The summed E-state index contributed by atoms with van der Waals surface area (Å²) in [6.07, 6.45) is 0. The first-order valence-corrected chi connectivity index (χ1v) is 3.73. The van der Waals surface area contributed by atoms with Gasteiger partial charge in [-0.3, -0.25) is 4.79 Å². The molecule has 0 heterocycles. The maximum Gasteiger partial charge on any atom is 0.252 e. The zero-order valence-corrected chi connectivity index (χ0v) is 6.84. The van der Waals surface area contributed by atoms with E-state index < -0.39 is 18.2 Å². The first-order valence-electron chi connectivity index (χ1n) is 3.73. The Balaban J connectivity index is 2.93. The second-order valence-electron chi connectivity index (χ2n) is 2.67. The Morgan fingerprint density at radius 2 is 1.77 bits per heavy atom. The second kappa shape index (κ2) is 3.66. The highest BCUT2D eigenvalue weighted by atomic mass is 16.5. The van der Waals surface area contributed by atoms with Gasteiger partial charge in [-0.25, -0.2) is 0 Å². The van der Waals surface area contributed by atoms with Gasteiger partial charge in [0.05, 0.1) is 0 Å². The molecule has 0 atom stereocenters. The highest BCUT2D eigenvalue weighted by Crippen LogP contribution is 2.09. The van der Waals surface area contributed by atoms with Crippen LogP contribution in [0.5, 0.6) is 0 Å². The van der Waals surface area contributed by atoms with Crippen LogP contribution in [0.15, 0.2) is 30.3 Å². The number of hydrogen-bond donors (Lipinski definition) is 3. The third-order valence-electron chi connectivity index (χ3n) is 1.62. The van der Waals surface area contributed by atoms with Crippen LogP contribution in [0, 0.1) is 0 Å². The summed E-state index contributed by atoms with van der Waals surface area (Å²) in [6.45, 7) is -1.01. The van der Waals surface area contributed by atoms with Crippen molar-refractivity contribution in [3.63, 3.8) is 0 Å². The molecule has 0 saturated carbocycles. The number of carbonyl (C=O) groups excluding carboxylic acids is 1. The molecule has 0 aliphatic heterocycles. The summed E-state index contributed by atoms with van der Waals surface area (Å²) in [4.78, 5) is 11.2. The Hall–Kier alpha value is -1.23. The van der Waals surface area contributed by atoms with E-state index in [-0.39, 0.29) is 5.56 Å². The number of rotatable bonds is 3. The Morgan fingerprint density at radius 1 is 1.23 bits per heavy atom. The Kier molecular flexibility index (Phi) is 2.77. The Bertz CT molecular complexity index is 292. The maximum atomic E-state index is 11.2. The topological polar surface area (TPSA) is 77.8 Å². The molecule has 0 radical (unpaired) electrons. The van der Waals surface area contributed by atoms with E-state index in [0.717, 1.165) is 0 Å². The molecule has 4 heteroatoms. The zero-order chi connectivity index (χ0) is 9.90. The summed E-state index contributed by atoms with van der Waals surface area (Å²) in [6, 6.07) is 7.78. The molecule has 1 aromatic rings. The number of hydrogen-bond acceptors (Lipinski definition) is 4. The molecule has 0 bridgehead atoms. The van der Waals surface area contributed by atoms with Crippen molar-refractivity contribution < 1.29 is 20.1 Å². The summed E-state index contributed by atoms with van der Waals surface area (Å²) in [7, 11) is 0. The van der Waals surface area contributed by atoms with Crippen LogP contribution in [-0.4, -0.2) is 33.5 Å². The van der Waals surface area contributed by atoms with Gasteiger partial charge in [0.1, 0.15) is 6.61 Å². The third-order valence-corrected chi connectivity index (χ3v) is 1.62. The van der Waals surface area contributed by atoms with Gasteiger partial charge in [0.2, 0.25) is 5.78 Å². The predicted molar refractivity (Wildman–Crippen MR) is 45.0 cm³/mol. The Morgan fingerprint density at radius 3 is 2.23 bits per heavy atom. The summed E-state index contributed by atoms with van der Waals surface area (Å²) in [5.74, 6) is -3.59. The van der Waals surface area contributed by atoms with E-state index in [9.17, 15) is 4.79 Å². The van der Waals surface area contributed by atoms with Gasteiger partial charge < -0.3 is 15.3 Å². The van der Waals surface area contributed by atoms with Gasteiger partial charge >= 0.3 is 0 Å². The minimum absolute atomic E-state index is 0.154. The van der Waals surface area contributed by atoms with Crippen LogP contribution in [0.3, 0.4) is 0 Å². The fourth-order valence-electron chi connectivity index (χ4n) is 0.892. The maximum absolute atomic E-state index is 11.2. The quantitative estimate of drug-likeness (QED) is 0.436. The normalized spacial score (nSPS) is 11.3. The number of benzene rings is 1.